The zero-order chi connectivity index (χ0) is 7.49. The molecule has 0 aliphatic heterocycles. The van der Waals surface area contributed by atoms with E-state index in [1.165, 1.54) is 0 Å². The Balaban J connectivity index is 0. The first-order chi connectivity index (χ1) is 4.04. The lowest BCUT2D eigenvalue weighted by atomic mass is 10.3. The van der Waals surface area contributed by atoms with E-state index in [-0.39, 0.29) is 12.4 Å². The number of rotatable bonds is 2. The molecule has 0 saturated carbocycles. The van der Waals surface area contributed by atoms with E-state index in [1.807, 2.05) is 0 Å². The SMILES string of the molecule is COC(=O)C(F)(F)CN.Cl. The van der Waals surface area contributed by atoms with Crippen LogP contribution in [-0.2, 0) is 9.53 Å². The summed E-state index contributed by atoms with van der Waals surface area (Å²) >= 11 is 0. The Kier molecular flexibility index (Phi) is 5.41. The third-order valence-electron chi connectivity index (χ3n) is 0.740. The van der Waals surface area contributed by atoms with Gasteiger partial charge in [-0.25, -0.2) is 4.79 Å². The van der Waals surface area contributed by atoms with Crippen molar-refractivity contribution in [3.8, 4) is 0 Å². The van der Waals surface area contributed by atoms with Crippen LogP contribution in [0.3, 0.4) is 0 Å². The largest absolute Gasteiger partial charge is 0.465 e. The second-order valence-corrected chi connectivity index (χ2v) is 1.40. The molecule has 0 aliphatic carbocycles. The lowest BCUT2D eigenvalue weighted by Gasteiger charge is -2.08. The normalized spacial score (nSPS) is 10.0. The highest BCUT2D eigenvalue weighted by Gasteiger charge is 2.38. The molecule has 0 rings (SSSR count). The van der Waals surface area contributed by atoms with Gasteiger partial charge in [0.1, 0.15) is 0 Å². The first-order valence-corrected chi connectivity index (χ1v) is 2.21. The third-order valence-corrected chi connectivity index (χ3v) is 0.740. The van der Waals surface area contributed by atoms with Gasteiger partial charge in [0.05, 0.1) is 13.7 Å². The molecule has 0 aliphatic rings. The maximum Gasteiger partial charge on any atom is 0.378 e. The van der Waals surface area contributed by atoms with Crippen LogP contribution in [0.15, 0.2) is 0 Å². The zero-order valence-electron chi connectivity index (χ0n) is 5.27. The van der Waals surface area contributed by atoms with Crippen molar-refractivity contribution in [3.05, 3.63) is 0 Å². The van der Waals surface area contributed by atoms with Crippen molar-refractivity contribution in [2.24, 2.45) is 5.73 Å². The Bertz CT molecular complexity index is 120. The molecule has 0 fully saturated rings. The molecule has 6 heteroatoms. The summed E-state index contributed by atoms with van der Waals surface area (Å²) in [4.78, 5) is 10.0. The number of esters is 1. The van der Waals surface area contributed by atoms with E-state index in [0.717, 1.165) is 7.11 Å². The molecule has 62 valence electrons. The number of methoxy groups -OCH3 is 1. The quantitative estimate of drug-likeness (QED) is 0.609. The van der Waals surface area contributed by atoms with Gasteiger partial charge in [-0.2, -0.15) is 8.78 Å². The van der Waals surface area contributed by atoms with E-state index < -0.39 is 18.4 Å². The maximum absolute atomic E-state index is 11.9. The monoisotopic (exact) mass is 175 g/mol. The highest BCUT2D eigenvalue weighted by molar-refractivity contribution is 5.85. The lowest BCUT2D eigenvalue weighted by molar-refractivity contribution is -0.167. The molecule has 0 heterocycles. The minimum atomic E-state index is -3.53. The summed E-state index contributed by atoms with van der Waals surface area (Å²) in [7, 11) is 0.881. The molecular formula is C4H8ClF2NO2. The van der Waals surface area contributed by atoms with E-state index in [9.17, 15) is 13.6 Å². The highest BCUT2D eigenvalue weighted by Crippen LogP contribution is 2.11. The minimum Gasteiger partial charge on any atom is -0.465 e. The number of carbonyl (C=O) groups excluding carboxylic acids is 1. The maximum atomic E-state index is 11.9. The molecule has 0 saturated heterocycles. The van der Waals surface area contributed by atoms with Crippen molar-refractivity contribution < 1.29 is 18.3 Å². The topological polar surface area (TPSA) is 52.3 Å². The lowest BCUT2D eigenvalue weighted by Crippen LogP contribution is -2.37. The van der Waals surface area contributed by atoms with Crippen LogP contribution < -0.4 is 5.73 Å². The molecule has 0 amide bonds. The fourth-order valence-electron chi connectivity index (χ4n) is 0.233. The second-order valence-electron chi connectivity index (χ2n) is 1.40. The molecular weight excluding hydrogens is 167 g/mol. The molecule has 3 nitrogen and oxygen atoms in total. The highest BCUT2D eigenvalue weighted by atomic mass is 35.5. The summed E-state index contributed by atoms with van der Waals surface area (Å²) in [6, 6.07) is 0. The number of ether oxygens (including phenoxy) is 1. The fourth-order valence-corrected chi connectivity index (χ4v) is 0.233. The fraction of sp³-hybridized carbons (Fsp3) is 0.750. The number of hydrogen-bond donors (Lipinski definition) is 1. The summed E-state index contributed by atoms with van der Waals surface area (Å²) in [6.07, 6.45) is 0. The summed E-state index contributed by atoms with van der Waals surface area (Å²) in [5, 5.41) is 0. The molecule has 0 atom stereocenters. The number of nitrogens with two attached hydrogens (primary N) is 1. The van der Waals surface area contributed by atoms with Crippen LogP contribution in [0.25, 0.3) is 0 Å². The van der Waals surface area contributed by atoms with Crippen LogP contribution in [0.5, 0.6) is 0 Å². The van der Waals surface area contributed by atoms with E-state index >= 15 is 0 Å². The predicted molar refractivity (Wildman–Crippen MR) is 33.3 cm³/mol. The van der Waals surface area contributed by atoms with E-state index in [4.69, 9.17) is 0 Å². The van der Waals surface area contributed by atoms with Gasteiger partial charge in [0.2, 0.25) is 0 Å². The summed E-state index contributed by atoms with van der Waals surface area (Å²) in [5.41, 5.74) is 4.53. The Morgan fingerprint density at radius 1 is 1.70 bits per heavy atom. The summed E-state index contributed by atoms with van der Waals surface area (Å²) in [5.74, 6) is -5.13. The first kappa shape index (κ1) is 12.3. The van der Waals surface area contributed by atoms with Crippen molar-refractivity contribution >= 4 is 18.4 Å². The van der Waals surface area contributed by atoms with Gasteiger partial charge in [-0.15, -0.1) is 12.4 Å². The first-order valence-electron chi connectivity index (χ1n) is 2.21. The summed E-state index contributed by atoms with van der Waals surface area (Å²) < 4.78 is 27.6. The van der Waals surface area contributed by atoms with Gasteiger partial charge in [0, 0.05) is 0 Å². The predicted octanol–water partition coefficient (Wildman–Crippen LogP) is 0.175. The van der Waals surface area contributed by atoms with Crippen LogP contribution in [0, 0.1) is 0 Å². The van der Waals surface area contributed by atoms with Crippen LogP contribution in [0.2, 0.25) is 0 Å². The molecule has 0 aromatic rings. The average Bonchev–Trinajstić information content (AvgIpc) is 1.86. The molecule has 10 heavy (non-hydrogen) atoms. The number of carbonyl (C=O) groups is 1. The van der Waals surface area contributed by atoms with Gasteiger partial charge in [-0.1, -0.05) is 0 Å². The Morgan fingerprint density at radius 3 is 2.20 bits per heavy atom. The van der Waals surface area contributed by atoms with Gasteiger partial charge in [-0.05, 0) is 0 Å². The molecule has 0 unspecified atom stereocenters. The van der Waals surface area contributed by atoms with Crippen LogP contribution in [-0.4, -0.2) is 25.5 Å². The Hall–Kier alpha value is -0.420. The van der Waals surface area contributed by atoms with Gasteiger partial charge in [0.25, 0.3) is 0 Å². The van der Waals surface area contributed by atoms with Gasteiger partial charge in [-0.3, -0.25) is 0 Å². The molecule has 2 N–H and O–H groups in total. The standard InChI is InChI=1S/C4H7F2NO2.ClH/c1-9-3(8)4(5,6)2-7;/h2,7H2,1H3;1H. The van der Waals surface area contributed by atoms with Crippen LogP contribution >= 0.6 is 12.4 Å². The second kappa shape index (κ2) is 4.40. The summed E-state index contributed by atoms with van der Waals surface area (Å²) in [6.45, 7) is -1.01. The van der Waals surface area contributed by atoms with Crippen molar-refractivity contribution in [1.29, 1.82) is 0 Å². The zero-order valence-corrected chi connectivity index (χ0v) is 6.08. The average molecular weight is 176 g/mol. The van der Waals surface area contributed by atoms with Gasteiger partial charge >= 0.3 is 11.9 Å². The Labute approximate surface area is 62.9 Å². The third kappa shape index (κ3) is 2.93. The van der Waals surface area contributed by atoms with E-state index in [2.05, 4.69) is 10.5 Å². The van der Waals surface area contributed by atoms with Crippen molar-refractivity contribution in [2.75, 3.05) is 13.7 Å². The van der Waals surface area contributed by atoms with Crippen molar-refractivity contribution in [1.82, 2.24) is 0 Å². The molecule has 0 aromatic carbocycles. The van der Waals surface area contributed by atoms with Crippen molar-refractivity contribution in [3.63, 3.8) is 0 Å². The van der Waals surface area contributed by atoms with E-state index in [1.54, 1.807) is 0 Å². The molecule has 0 spiro atoms. The molecule has 0 bridgehead atoms. The van der Waals surface area contributed by atoms with E-state index in [0.29, 0.717) is 0 Å². The van der Waals surface area contributed by atoms with Crippen LogP contribution in [0.1, 0.15) is 0 Å². The smallest absolute Gasteiger partial charge is 0.378 e. The number of alkyl halides is 2. The number of hydrogen-bond acceptors (Lipinski definition) is 3. The number of halogens is 3. The molecule has 0 radical (unpaired) electrons. The molecule has 0 aromatic heterocycles. The van der Waals surface area contributed by atoms with Gasteiger partial charge < -0.3 is 10.5 Å². The van der Waals surface area contributed by atoms with Gasteiger partial charge in [0.15, 0.2) is 0 Å². The minimum absolute atomic E-state index is 0. The Morgan fingerprint density at radius 2 is 2.10 bits per heavy atom. The van der Waals surface area contributed by atoms with Crippen LogP contribution in [0.4, 0.5) is 8.78 Å². The van der Waals surface area contributed by atoms with Crippen molar-refractivity contribution in [2.45, 2.75) is 5.92 Å².